The van der Waals surface area contributed by atoms with Gasteiger partial charge in [-0.05, 0) is 49.0 Å². The zero-order chi connectivity index (χ0) is 17.6. The van der Waals surface area contributed by atoms with Crippen LogP contribution >= 0.6 is 0 Å². The van der Waals surface area contributed by atoms with Crippen LogP contribution in [-0.2, 0) is 6.54 Å². The van der Waals surface area contributed by atoms with Crippen molar-refractivity contribution < 1.29 is 4.74 Å². The molecular weight excluding hydrogens is 312 g/mol. The van der Waals surface area contributed by atoms with Crippen LogP contribution in [0.2, 0.25) is 0 Å². The maximum absolute atomic E-state index is 5.19. The highest BCUT2D eigenvalue weighted by Crippen LogP contribution is 2.23. The van der Waals surface area contributed by atoms with Crippen LogP contribution in [0, 0.1) is 0 Å². The zero-order valence-corrected chi connectivity index (χ0v) is 15.0. The molecule has 25 heavy (non-hydrogen) atoms. The van der Waals surface area contributed by atoms with Crippen LogP contribution in [0.25, 0.3) is 22.8 Å². The molecule has 0 radical (unpaired) electrons. The lowest BCUT2D eigenvalue weighted by Gasteiger charge is -2.18. The first kappa shape index (κ1) is 17.2. The number of nitrogens with zero attached hydrogens (tertiary/aromatic N) is 3. The molecule has 3 aromatic rings. The SMILES string of the molecule is CCN(CC)Cc1cccc(-c2n[nH]c(-c3ccc(OC)cc3)n2)c1. The van der Waals surface area contributed by atoms with Crippen LogP contribution in [0.1, 0.15) is 19.4 Å². The van der Waals surface area contributed by atoms with Gasteiger partial charge in [0, 0.05) is 17.7 Å². The van der Waals surface area contributed by atoms with E-state index in [-0.39, 0.29) is 0 Å². The van der Waals surface area contributed by atoms with Gasteiger partial charge in [-0.25, -0.2) is 4.98 Å². The summed E-state index contributed by atoms with van der Waals surface area (Å²) < 4.78 is 5.19. The minimum absolute atomic E-state index is 0.715. The Bertz CT molecular complexity index is 807. The highest BCUT2D eigenvalue weighted by Gasteiger charge is 2.09. The van der Waals surface area contributed by atoms with E-state index in [1.807, 2.05) is 30.3 Å². The second kappa shape index (κ2) is 7.94. The molecule has 1 heterocycles. The van der Waals surface area contributed by atoms with Crippen molar-refractivity contribution >= 4 is 0 Å². The van der Waals surface area contributed by atoms with E-state index in [0.717, 1.165) is 42.3 Å². The van der Waals surface area contributed by atoms with Gasteiger partial charge in [-0.1, -0.05) is 32.0 Å². The zero-order valence-electron chi connectivity index (χ0n) is 15.0. The van der Waals surface area contributed by atoms with Crippen LogP contribution in [0.15, 0.2) is 48.5 Å². The first-order valence-electron chi connectivity index (χ1n) is 8.62. The fourth-order valence-corrected chi connectivity index (χ4v) is 2.78. The van der Waals surface area contributed by atoms with Crippen molar-refractivity contribution in [1.29, 1.82) is 0 Å². The smallest absolute Gasteiger partial charge is 0.181 e. The summed E-state index contributed by atoms with van der Waals surface area (Å²) in [6, 6.07) is 16.2. The molecular formula is C20H24N4O. The maximum Gasteiger partial charge on any atom is 0.181 e. The summed E-state index contributed by atoms with van der Waals surface area (Å²) in [5, 5.41) is 7.41. The van der Waals surface area contributed by atoms with Gasteiger partial charge < -0.3 is 4.74 Å². The van der Waals surface area contributed by atoms with Crippen molar-refractivity contribution in [2.45, 2.75) is 20.4 Å². The third-order valence-electron chi connectivity index (χ3n) is 4.33. The molecule has 0 bridgehead atoms. The van der Waals surface area contributed by atoms with Gasteiger partial charge in [0.1, 0.15) is 5.75 Å². The molecule has 0 aliphatic carbocycles. The normalized spacial score (nSPS) is 11.0. The summed E-state index contributed by atoms with van der Waals surface area (Å²) in [6.45, 7) is 7.40. The Morgan fingerprint density at radius 3 is 2.44 bits per heavy atom. The van der Waals surface area contributed by atoms with Gasteiger partial charge in [-0.15, -0.1) is 0 Å². The minimum Gasteiger partial charge on any atom is -0.497 e. The van der Waals surface area contributed by atoms with E-state index in [2.05, 4.69) is 52.1 Å². The van der Waals surface area contributed by atoms with Crippen molar-refractivity contribution in [2.24, 2.45) is 0 Å². The third-order valence-corrected chi connectivity index (χ3v) is 4.33. The molecule has 0 aliphatic heterocycles. The second-order valence-electron chi connectivity index (χ2n) is 5.90. The average Bonchev–Trinajstić information content (AvgIpc) is 3.16. The summed E-state index contributed by atoms with van der Waals surface area (Å²) >= 11 is 0. The predicted molar refractivity (Wildman–Crippen MR) is 100 cm³/mol. The molecule has 2 aromatic carbocycles. The molecule has 1 N–H and O–H groups in total. The molecule has 3 rings (SSSR count). The van der Waals surface area contributed by atoms with Crippen molar-refractivity contribution in [3.8, 4) is 28.5 Å². The maximum atomic E-state index is 5.19. The Morgan fingerprint density at radius 2 is 1.76 bits per heavy atom. The van der Waals surface area contributed by atoms with Crippen molar-refractivity contribution in [2.75, 3.05) is 20.2 Å². The number of aromatic amines is 1. The molecule has 0 aliphatic rings. The van der Waals surface area contributed by atoms with Gasteiger partial charge in [0.25, 0.3) is 0 Å². The van der Waals surface area contributed by atoms with Crippen LogP contribution in [-0.4, -0.2) is 40.3 Å². The molecule has 0 atom stereocenters. The molecule has 1 aromatic heterocycles. The van der Waals surface area contributed by atoms with Crippen molar-refractivity contribution in [3.63, 3.8) is 0 Å². The van der Waals surface area contributed by atoms with Gasteiger partial charge in [0.2, 0.25) is 0 Å². The van der Waals surface area contributed by atoms with E-state index in [1.54, 1.807) is 7.11 Å². The monoisotopic (exact) mass is 336 g/mol. The summed E-state index contributed by atoms with van der Waals surface area (Å²) in [6.07, 6.45) is 0. The lowest BCUT2D eigenvalue weighted by atomic mass is 10.1. The molecule has 0 amide bonds. The molecule has 0 saturated heterocycles. The number of nitrogens with one attached hydrogen (secondary N) is 1. The van der Waals surface area contributed by atoms with Crippen LogP contribution in [0.4, 0.5) is 0 Å². The van der Waals surface area contributed by atoms with E-state index < -0.39 is 0 Å². The van der Waals surface area contributed by atoms with Crippen LogP contribution in [0.3, 0.4) is 0 Å². The van der Waals surface area contributed by atoms with Gasteiger partial charge in [-0.2, -0.15) is 5.10 Å². The first-order valence-corrected chi connectivity index (χ1v) is 8.62. The number of hydrogen-bond acceptors (Lipinski definition) is 4. The summed E-state index contributed by atoms with van der Waals surface area (Å²) in [4.78, 5) is 7.03. The number of rotatable bonds is 7. The summed E-state index contributed by atoms with van der Waals surface area (Å²) in [5.74, 6) is 2.30. The van der Waals surface area contributed by atoms with Crippen molar-refractivity contribution in [3.05, 3.63) is 54.1 Å². The molecule has 130 valence electrons. The molecule has 0 saturated carbocycles. The minimum atomic E-state index is 0.715. The van der Waals surface area contributed by atoms with Gasteiger partial charge in [0.05, 0.1) is 7.11 Å². The first-order chi connectivity index (χ1) is 12.2. The summed E-state index contributed by atoms with van der Waals surface area (Å²) in [5.41, 5.74) is 3.29. The lowest BCUT2D eigenvalue weighted by molar-refractivity contribution is 0.296. The van der Waals surface area contributed by atoms with E-state index >= 15 is 0 Å². The van der Waals surface area contributed by atoms with Crippen LogP contribution in [0.5, 0.6) is 5.75 Å². The number of H-pyrrole nitrogens is 1. The summed E-state index contributed by atoms with van der Waals surface area (Å²) in [7, 11) is 1.66. The molecule has 0 spiro atoms. The topological polar surface area (TPSA) is 54.0 Å². The highest BCUT2D eigenvalue weighted by molar-refractivity contribution is 5.62. The molecule has 0 unspecified atom stereocenters. The average molecular weight is 336 g/mol. The third kappa shape index (κ3) is 4.06. The second-order valence-corrected chi connectivity index (χ2v) is 5.90. The van der Waals surface area contributed by atoms with E-state index in [0.29, 0.717) is 5.82 Å². The fourth-order valence-electron chi connectivity index (χ4n) is 2.78. The molecule has 5 nitrogen and oxygen atoms in total. The van der Waals surface area contributed by atoms with Gasteiger partial charge in [0.15, 0.2) is 11.6 Å². The number of aromatic nitrogens is 3. The molecule has 5 heteroatoms. The number of hydrogen-bond donors (Lipinski definition) is 1. The van der Waals surface area contributed by atoms with Crippen LogP contribution < -0.4 is 4.74 Å². The quantitative estimate of drug-likeness (QED) is 0.709. The van der Waals surface area contributed by atoms with E-state index in [1.165, 1.54) is 5.56 Å². The van der Waals surface area contributed by atoms with Gasteiger partial charge in [-0.3, -0.25) is 10.00 Å². The lowest BCUT2D eigenvalue weighted by Crippen LogP contribution is -2.22. The largest absolute Gasteiger partial charge is 0.497 e. The van der Waals surface area contributed by atoms with Crippen molar-refractivity contribution in [1.82, 2.24) is 20.1 Å². The Hall–Kier alpha value is -2.66. The standard InChI is InChI=1S/C20H24N4O/c1-4-24(5-2)14-15-7-6-8-17(13-15)20-21-19(22-23-20)16-9-11-18(25-3)12-10-16/h6-13H,4-5,14H2,1-3H3,(H,21,22,23). The molecule has 0 fully saturated rings. The van der Waals surface area contributed by atoms with E-state index in [9.17, 15) is 0 Å². The highest BCUT2D eigenvalue weighted by atomic mass is 16.5. The Morgan fingerprint density at radius 1 is 1.00 bits per heavy atom. The Balaban J connectivity index is 1.81. The Kier molecular flexibility index (Phi) is 5.46. The Labute approximate surface area is 148 Å². The number of ether oxygens (including phenoxy) is 1. The predicted octanol–water partition coefficient (Wildman–Crippen LogP) is 3.99. The fraction of sp³-hybridized carbons (Fsp3) is 0.300. The number of methoxy groups -OCH3 is 1. The number of benzene rings is 2. The van der Waals surface area contributed by atoms with E-state index in [4.69, 9.17) is 4.74 Å². The van der Waals surface area contributed by atoms with Gasteiger partial charge >= 0.3 is 0 Å².